The van der Waals surface area contributed by atoms with Gasteiger partial charge >= 0.3 is 0 Å². The van der Waals surface area contributed by atoms with Crippen LogP contribution in [-0.2, 0) is 16.6 Å². The molecule has 0 unspecified atom stereocenters. The Morgan fingerprint density at radius 1 is 0.878 bits per heavy atom. The Morgan fingerprint density at radius 3 is 2.20 bits per heavy atom. The van der Waals surface area contributed by atoms with Gasteiger partial charge in [0.25, 0.3) is 15.9 Å². The SMILES string of the molecule is COc1ccc(/C(C)=N\NC(=O)c2ccc(CN(c3cc(Cl)ccc3C)S(=O)(=O)c3ccccc3)cc2)cc1OC. The highest BCUT2D eigenvalue weighted by Gasteiger charge is 2.26. The molecule has 0 radical (unpaired) electrons. The van der Waals surface area contributed by atoms with E-state index in [-0.39, 0.29) is 11.4 Å². The molecule has 0 fully saturated rings. The molecule has 4 aromatic carbocycles. The summed E-state index contributed by atoms with van der Waals surface area (Å²) in [6.45, 7) is 3.64. The van der Waals surface area contributed by atoms with Crippen molar-refractivity contribution in [3.05, 3.63) is 118 Å². The van der Waals surface area contributed by atoms with Gasteiger partial charge in [-0.3, -0.25) is 9.10 Å². The molecule has 1 amide bonds. The molecule has 41 heavy (non-hydrogen) atoms. The van der Waals surface area contributed by atoms with Gasteiger partial charge in [-0.05, 0) is 79.6 Å². The Hall–Kier alpha value is -4.34. The molecule has 0 saturated heterocycles. The number of methoxy groups -OCH3 is 2. The van der Waals surface area contributed by atoms with Crippen molar-refractivity contribution in [1.82, 2.24) is 5.43 Å². The summed E-state index contributed by atoms with van der Waals surface area (Å²) in [5, 5.41) is 4.64. The second kappa shape index (κ2) is 12.9. The standard InChI is InChI=1S/C31H30ClN3O5S/c1-21-10-16-26(32)19-28(21)35(41(37,38)27-8-6-5-7-9-27)20-23-11-13-24(14-12-23)31(36)34-33-22(2)25-15-17-29(39-3)30(18-25)40-4/h5-19H,20H2,1-4H3,(H,34,36)/b33-22-. The Kier molecular flexibility index (Phi) is 9.31. The van der Waals surface area contributed by atoms with Gasteiger partial charge < -0.3 is 9.47 Å². The first-order valence-corrected chi connectivity index (χ1v) is 14.5. The molecule has 1 N–H and O–H groups in total. The van der Waals surface area contributed by atoms with Crippen molar-refractivity contribution >= 4 is 38.9 Å². The van der Waals surface area contributed by atoms with E-state index in [1.54, 1.807) is 106 Å². The maximum Gasteiger partial charge on any atom is 0.271 e. The summed E-state index contributed by atoms with van der Waals surface area (Å²) in [4.78, 5) is 13.0. The molecule has 8 nitrogen and oxygen atoms in total. The zero-order valence-corrected chi connectivity index (χ0v) is 24.7. The van der Waals surface area contributed by atoms with E-state index < -0.39 is 15.9 Å². The number of ether oxygens (including phenoxy) is 2. The first-order chi connectivity index (χ1) is 19.6. The average molecular weight is 592 g/mol. The number of benzene rings is 4. The molecular weight excluding hydrogens is 562 g/mol. The van der Waals surface area contributed by atoms with E-state index in [0.29, 0.717) is 39.0 Å². The van der Waals surface area contributed by atoms with E-state index in [2.05, 4.69) is 10.5 Å². The van der Waals surface area contributed by atoms with Crippen LogP contribution in [0.2, 0.25) is 5.02 Å². The van der Waals surface area contributed by atoms with Gasteiger partial charge in [-0.15, -0.1) is 0 Å². The highest BCUT2D eigenvalue weighted by atomic mass is 35.5. The maximum atomic E-state index is 13.7. The second-order valence-electron chi connectivity index (χ2n) is 9.16. The van der Waals surface area contributed by atoms with E-state index in [0.717, 1.165) is 11.1 Å². The average Bonchev–Trinajstić information content (AvgIpc) is 3.00. The topological polar surface area (TPSA) is 97.3 Å². The monoisotopic (exact) mass is 591 g/mol. The van der Waals surface area contributed by atoms with Gasteiger partial charge in [0.1, 0.15) is 0 Å². The smallest absolute Gasteiger partial charge is 0.271 e. The van der Waals surface area contributed by atoms with E-state index >= 15 is 0 Å². The highest BCUT2D eigenvalue weighted by Crippen LogP contribution is 2.31. The minimum atomic E-state index is -3.91. The van der Waals surface area contributed by atoms with E-state index in [9.17, 15) is 13.2 Å². The number of carbonyl (C=O) groups is 1. The molecule has 0 aliphatic heterocycles. The van der Waals surface area contributed by atoms with Gasteiger partial charge in [-0.1, -0.05) is 48.0 Å². The number of hydrazone groups is 1. The van der Waals surface area contributed by atoms with Gasteiger partial charge in [0.2, 0.25) is 0 Å². The first kappa shape index (κ1) is 29.6. The van der Waals surface area contributed by atoms with Crippen LogP contribution in [0.5, 0.6) is 11.5 Å². The van der Waals surface area contributed by atoms with Crippen LogP contribution in [0.25, 0.3) is 0 Å². The molecule has 0 bridgehead atoms. The third-order valence-electron chi connectivity index (χ3n) is 6.44. The van der Waals surface area contributed by atoms with Crippen molar-refractivity contribution in [2.45, 2.75) is 25.3 Å². The minimum absolute atomic E-state index is 0.0386. The molecule has 0 aromatic heterocycles. The predicted molar refractivity (Wildman–Crippen MR) is 162 cm³/mol. The number of anilines is 1. The van der Waals surface area contributed by atoms with Crippen LogP contribution in [0.3, 0.4) is 0 Å². The Morgan fingerprint density at radius 2 is 1.54 bits per heavy atom. The highest BCUT2D eigenvalue weighted by molar-refractivity contribution is 7.92. The zero-order valence-electron chi connectivity index (χ0n) is 23.1. The Labute approximate surface area is 245 Å². The Balaban J connectivity index is 1.55. The lowest BCUT2D eigenvalue weighted by atomic mass is 10.1. The van der Waals surface area contributed by atoms with Crippen molar-refractivity contribution in [2.75, 3.05) is 18.5 Å². The van der Waals surface area contributed by atoms with Crippen LogP contribution in [0.1, 0.15) is 34.0 Å². The number of amides is 1. The van der Waals surface area contributed by atoms with Crippen molar-refractivity contribution in [3.63, 3.8) is 0 Å². The Bertz CT molecular complexity index is 1670. The molecule has 0 spiro atoms. The number of aryl methyl sites for hydroxylation is 1. The predicted octanol–water partition coefficient (Wildman–Crippen LogP) is 6.22. The number of hydrogen-bond donors (Lipinski definition) is 1. The van der Waals surface area contributed by atoms with Crippen molar-refractivity contribution in [3.8, 4) is 11.5 Å². The largest absolute Gasteiger partial charge is 0.493 e. The molecule has 0 atom stereocenters. The fourth-order valence-electron chi connectivity index (χ4n) is 4.12. The van der Waals surface area contributed by atoms with Crippen molar-refractivity contribution in [1.29, 1.82) is 0 Å². The van der Waals surface area contributed by atoms with Crippen molar-refractivity contribution in [2.24, 2.45) is 5.10 Å². The summed E-state index contributed by atoms with van der Waals surface area (Å²) in [6.07, 6.45) is 0. The molecule has 0 saturated carbocycles. The van der Waals surface area contributed by atoms with Crippen LogP contribution in [0.15, 0.2) is 101 Å². The molecule has 10 heteroatoms. The van der Waals surface area contributed by atoms with Gasteiger partial charge in [0.05, 0.1) is 37.1 Å². The molecule has 0 aliphatic rings. The van der Waals surface area contributed by atoms with Crippen LogP contribution < -0.4 is 19.2 Å². The van der Waals surface area contributed by atoms with E-state index in [4.69, 9.17) is 21.1 Å². The van der Waals surface area contributed by atoms with Crippen molar-refractivity contribution < 1.29 is 22.7 Å². The number of hydrogen-bond acceptors (Lipinski definition) is 6. The molecule has 0 heterocycles. The molecule has 212 valence electrons. The quantitative estimate of drug-likeness (QED) is 0.175. The van der Waals surface area contributed by atoms with E-state index in [1.165, 1.54) is 4.31 Å². The van der Waals surface area contributed by atoms with Gasteiger partial charge in [-0.25, -0.2) is 13.8 Å². The number of nitrogens with zero attached hydrogens (tertiary/aromatic N) is 2. The normalized spacial score (nSPS) is 11.6. The third kappa shape index (κ3) is 6.87. The number of sulfonamides is 1. The summed E-state index contributed by atoms with van der Waals surface area (Å²) >= 11 is 6.25. The van der Waals surface area contributed by atoms with Gasteiger partial charge in [0, 0.05) is 16.1 Å². The minimum Gasteiger partial charge on any atom is -0.493 e. The number of rotatable bonds is 10. The third-order valence-corrected chi connectivity index (χ3v) is 8.45. The lowest BCUT2D eigenvalue weighted by Gasteiger charge is -2.26. The fourth-order valence-corrected chi connectivity index (χ4v) is 5.82. The molecule has 4 rings (SSSR count). The summed E-state index contributed by atoms with van der Waals surface area (Å²) in [5.74, 6) is 0.738. The summed E-state index contributed by atoms with van der Waals surface area (Å²) in [5.41, 5.74) is 6.19. The molecule has 4 aromatic rings. The van der Waals surface area contributed by atoms with Crippen LogP contribution in [0.4, 0.5) is 5.69 Å². The molecular formula is C31H30ClN3O5S. The van der Waals surface area contributed by atoms with Crippen LogP contribution in [-0.4, -0.2) is 34.3 Å². The number of nitrogens with one attached hydrogen (secondary N) is 1. The maximum absolute atomic E-state index is 13.7. The summed E-state index contributed by atoms with van der Waals surface area (Å²) < 4.78 is 39.3. The van der Waals surface area contributed by atoms with Crippen LogP contribution >= 0.6 is 11.6 Å². The second-order valence-corrected chi connectivity index (χ2v) is 11.5. The zero-order chi connectivity index (χ0) is 29.6. The lowest BCUT2D eigenvalue weighted by Crippen LogP contribution is -2.31. The summed E-state index contributed by atoms with van der Waals surface area (Å²) in [6, 6.07) is 25.4. The number of halogens is 1. The van der Waals surface area contributed by atoms with Gasteiger partial charge in [0.15, 0.2) is 11.5 Å². The fraction of sp³-hybridized carbons (Fsp3) is 0.161. The first-order valence-electron chi connectivity index (χ1n) is 12.6. The van der Waals surface area contributed by atoms with E-state index in [1.807, 2.05) is 13.0 Å². The lowest BCUT2D eigenvalue weighted by molar-refractivity contribution is 0.0955. The molecule has 0 aliphatic carbocycles. The van der Waals surface area contributed by atoms with Gasteiger partial charge in [-0.2, -0.15) is 5.10 Å². The number of carbonyl (C=O) groups excluding carboxylic acids is 1. The van der Waals surface area contributed by atoms with Crippen LogP contribution in [0, 0.1) is 6.92 Å². The summed E-state index contributed by atoms with van der Waals surface area (Å²) in [7, 11) is -0.806.